The maximum atomic E-state index is 6.24. The Morgan fingerprint density at radius 2 is 1.24 bits per heavy atom. The van der Waals surface area contributed by atoms with Gasteiger partial charge in [0.25, 0.3) is 0 Å². The third kappa shape index (κ3) is 5.31. The van der Waals surface area contributed by atoms with Crippen molar-refractivity contribution in [3.63, 3.8) is 0 Å². The molecule has 4 heteroatoms. The van der Waals surface area contributed by atoms with Gasteiger partial charge in [-0.05, 0) is 88.0 Å². The molecule has 0 aliphatic heterocycles. The number of furan rings is 1. The van der Waals surface area contributed by atoms with Gasteiger partial charge in [0.05, 0.1) is 0 Å². The summed E-state index contributed by atoms with van der Waals surface area (Å²) in [6.45, 7) is 0. The molecule has 0 amide bonds. The normalized spacial score (nSPS) is 17.0. The number of rotatable bonds is 5. The highest BCUT2D eigenvalue weighted by Crippen LogP contribution is 2.58. The smallest absolute Gasteiger partial charge is 0.163 e. The molecule has 4 nitrogen and oxygen atoms in total. The molecule has 1 unspecified atom stereocenters. The Kier molecular flexibility index (Phi) is 7.51. The van der Waals surface area contributed by atoms with Crippen molar-refractivity contribution in [1.29, 1.82) is 0 Å². The Bertz CT molecular complexity index is 2840. The average Bonchev–Trinajstić information content (AvgIpc) is 3.77. The molecule has 0 saturated heterocycles. The first kappa shape index (κ1) is 32.1. The highest BCUT2D eigenvalue weighted by Gasteiger charge is 2.45. The van der Waals surface area contributed by atoms with Crippen LogP contribution in [0.15, 0.2) is 162 Å². The summed E-state index contributed by atoms with van der Waals surface area (Å²) in [7, 11) is 0. The van der Waals surface area contributed by atoms with Crippen molar-refractivity contribution in [3.05, 3.63) is 180 Å². The Morgan fingerprint density at radius 3 is 2.11 bits per heavy atom. The molecule has 1 fully saturated rings. The van der Waals surface area contributed by atoms with E-state index in [4.69, 9.17) is 19.4 Å². The Morgan fingerprint density at radius 1 is 0.527 bits per heavy atom. The van der Waals surface area contributed by atoms with Crippen molar-refractivity contribution in [2.75, 3.05) is 0 Å². The van der Waals surface area contributed by atoms with E-state index in [-0.39, 0.29) is 11.3 Å². The minimum atomic E-state index is 0.0214. The predicted molar refractivity (Wildman–Crippen MR) is 224 cm³/mol. The number of hydrogen-bond donors (Lipinski definition) is 0. The molecule has 264 valence electrons. The van der Waals surface area contributed by atoms with Crippen LogP contribution in [0.2, 0.25) is 0 Å². The summed E-state index contributed by atoms with van der Waals surface area (Å²) in [5.74, 6) is 2.11. The van der Waals surface area contributed by atoms with Crippen LogP contribution in [0.4, 0.5) is 0 Å². The van der Waals surface area contributed by atoms with E-state index >= 15 is 0 Å². The van der Waals surface area contributed by atoms with Crippen molar-refractivity contribution < 1.29 is 4.42 Å². The first-order valence-electron chi connectivity index (χ1n) is 19.7. The second-order valence-electron chi connectivity index (χ2n) is 15.4. The summed E-state index contributed by atoms with van der Waals surface area (Å²) in [6.07, 6.45) is 14.0. The van der Waals surface area contributed by atoms with E-state index in [1.165, 1.54) is 71.1 Å². The van der Waals surface area contributed by atoms with Crippen LogP contribution < -0.4 is 0 Å². The van der Waals surface area contributed by atoms with E-state index in [0.717, 1.165) is 45.3 Å². The van der Waals surface area contributed by atoms with Gasteiger partial charge in [0, 0.05) is 33.2 Å². The quantitative estimate of drug-likeness (QED) is 0.178. The van der Waals surface area contributed by atoms with E-state index in [2.05, 4.69) is 121 Å². The molecule has 3 aliphatic rings. The van der Waals surface area contributed by atoms with Crippen molar-refractivity contribution >= 4 is 27.5 Å². The van der Waals surface area contributed by atoms with E-state index in [1.54, 1.807) is 5.56 Å². The van der Waals surface area contributed by atoms with Gasteiger partial charge >= 0.3 is 0 Å². The van der Waals surface area contributed by atoms with Crippen LogP contribution in [-0.2, 0) is 5.41 Å². The van der Waals surface area contributed by atoms with Crippen LogP contribution in [-0.4, -0.2) is 15.0 Å². The fraction of sp³-hybridized carbons (Fsp3) is 0.157. The van der Waals surface area contributed by atoms with Gasteiger partial charge in [0.15, 0.2) is 11.6 Å². The molecule has 1 saturated carbocycles. The Balaban J connectivity index is 0.933. The number of hydrogen-bond acceptors (Lipinski definition) is 4. The van der Waals surface area contributed by atoms with Gasteiger partial charge in [-0.2, -0.15) is 0 Å². The zero-order valence-corrected chi connectivity index (χ0v) is 30.6. The number of fused-ring (bicyclic) bond motifs is 8. The zero-order valence-electron chi connectivity index (χ0n) is 30.6. The van der Waals surface area contributed by atoms with Crippen LogP contribution in [0.1, 0.15) is 67.0 Å². The van der Waals surface area contributed by atoms with Crippen molar-refractivity contribution in [2.24, 2.45) is 0 Å². The summed E-state index contributed by atoms with van der Waals surface area (Å²) in [4.78, 5) is 15.2. The van der Waals surface area contributed by atoms with Gasteiger partial charge in [0.2, 0.25) is 0 Å². The molecule has 2 heterocycles. The van der Waals surface area contributed by atoms with Gasteiger partial charge in [-0.25, -0.2) is 15.0 Å². The maximum Gasteiger partial charge on any atom is 0.163 e. The van der Waals surface area contributed by atoms with E-state index in [0.29, 0.717) is 11.6 Å². The Labute approximate surface area is 321 Å². The van der Waals surface area contributed by atoms with Crippen molar-refractivity contribution in [1.82, 2.24) is 15.0 Å². The summed E-state index contributed by atoms with van der Waals surface area (Å²) < 4.78 is 6.24. The molecule has 0 bridgehead atoms. The molecular formula is C51H39N3O. The highest BCUT2D eigenvalue weighted by molar-refractivity contribution is 6.05. The molecule has 1 atom stereocenters. The lowest BCUT2D eigenvalue weighted by atomic mass is 9.66. The van der Waals surface area contributed by atoms with Gasteiger partial charge in [-0.15, -0.1) is 0 Å². The molecule has 1 spiro atoms. The minimum Gasteiger partial charge on any atom is -0.456 e. The van der Waals surface area contributed by atoms with Crippen LogP contribution >= 0.6 is 0 Å². The molecule has 0 radical (unpaired) electrons. The summed E-state index contributed by atoms with van der Waals surface area (Å²) in [6, 6.07) is 49.9. The summed E-state index contributed by atoms with van der Waals surface area (Å²) >= 11 is 0. The summed E-state index contributed by atoms with van der Waals surface area (Å²) in [5.41, 5.74) is 14.7. The van der Waals surface area contributed by atoms with E-state index < -0.39 is 0 Å². The number of nitrogens with zero attached hydrogens (tertiary/aromatic N) is 3. The largest absolute Gasteiger partial charge is 0.456 e. The van der Waals surface area contributed by atoms with Gasteiger partial charge in [-0.1, -0.05) is 153 Å². The average molecular weight is 710 g/mol. The molecule has 55 heavy (non-hydrogen) atoms. The van der Waals surface area contributed by atoms with E-state index in [1.807, 2.05) is 36.4 Å². The number of allylic oxidation sites excluding steroid dienone is 4. The molecular weight excluding hydrogens is 671 g/mol. The summed E-state index contributed by atoms with van der Waals surface area (Å²) in [5, 5.41) is 2.20. The predicted octanol–water partition coefficient (Wildman–Crippen LogP) is 13.1. The van der Waals surface area contributed by atoms with Gasteiger partial charge in [-0.3, -0.25) is 0 Å². The molecule has 3 aliphatic carbocycles. The second-order valence-corrected chi connectivity index (χ2v) is 15.4. The van der Waals surface area contributed by atoms with Crippen LogP contribution in [0.25, 0.3) is 72.5 Å². The Hall–Kier alpha value is -6.39. The van der Waals surface area contributed by atoms with Crippen molar-refractivity contribution in [2.45, 2.75) is 49.9 Å². The number of para-hydroxylation sites is 1. The fourth-order valence-corrected chi connectivity index (χ4v) is 9.64. The third-order valence-corrected chi connectivity index (χ3v) is 12.2. The highest BCUT2D eigenvalue weighted by atomic mass is 16.3. The lowest BCUT2D eigenvalue weighted by Crippen LogP contribution is -2.28. The standard InChI is InChI=1S/C51H39N3O/c1-3-13-34(14-4-1)48-52-49(54-50(53-48)38-27-28-42-41-18-6-8-22-45(41)55-46(42)32-38)35-25-23-33(24-26-35)36-15-11-16-37(31-36)39-19-12-20-43-40-17-5-7-21-44(40)51(47(39)43)29-9-2-10-30-51/h1,3-8,11-25,27-28,31-32,35H,2,9-10,26,29-30H2. The van der Waals surface area contributed by atoms with E-state index in [9.17, 15) is 0 Å². The minimum absolute atomic E-state index is 0.0214. The second kappa shape index (κ2) is 12.9. The maximum absolute atomic E-state index is 6.24. The number of benzene rings is 6. The van der Waals surface area contributed by atoms with Gasteiger partial charge in [0.1, 0.15) is 17.0 Å². The SMILES string of the molecule is C1=CC(c2nc(-c3ccccc3)nc(-c3ccc4c(c3)oc3ccccc34)n2)CC=C1c1cccc(-c2cccc3c2C2(CCCCC2)c2ccccc2-3)c1. The first-order chi connectivity index (χ1) is 27.2. The third-order valence-electron chi connectivity index (χ3n) is 12.2. The monoisotopic (exact) mass is 709 g/mol. The molecule has 11 rings (SSSR count). The van der Waals surface area contributed by atoms with Gasteiger partial charge < -0.3 is 4.42 Å². The fourth-order valence-electron chi connectivity index (χ4n) is 9.64. The lowest BCUT2D eigenvalue weighted by molar-refractivity contribution is 0.353. The molecule has 2 aromatic heterocycles. The zero-order chi connectivity index (χ0) is 36.3. The lowest BCUT2D eigenvalue weighted by Gasteiger charge is -2.37. The van der Waals surface area contributed by atoms with Crippen molar-refractivity contribution in [3.8, 4) is 45.0 Å². The first-order valence-corrected chi connectivity index (χ1v) is 19.7. The van der Waals surface area contributed by atoms with Crippen LogP contribution in [0, 0.1) is 0 Å². The molecule has 8 aromatic rings. The van der Waals surface area contributed by atoms with Crippen LogP contribution in [0.5, 0.6) is 0 Å². The number of aromatic nitrogens is 3. The van der Waals surface area contributed by atoms with Crippen LogP contribution in [0.3, 0.4) is 0 Å². The molecule has 0 N–H and O–H groups in total. The topological polar surface area (TPSA) is 51.8 Å². The molecule has 6 aromatic carbocycles.